The van der Waals surface area contributed by atoms with Crippen LogP contribution in [-0.2, 0) is 13.0 Å². The lowest BCUT2D eigenvalue weighted by Gasteiger charge is -2.15. The standard InChI is InChI=1S/C31H31N3O4S/c1-38-25-14-11-22(12-15-25)28(35)20-39-31-33-27-19-23(29(36)32-24-9-5-6-10-24)13-16-26(27)30(37)34(31)18-17-21-7-3-2-4-8-21/h2-4,7-8,11-16,19,24H,5-6,9-10,17-18,20H2,1H3,(H,32,36). The second-order valence-corrected chi connectivity index (χ2v) is 10.7. The molecule has 1 aliphatic carbocycles. The minimum absolute atomic E-state index is 0.0729. The van der Waals surface area contributed by atoms with Crippen LogP contribution in [0.1, 0.15) is 52.0 Å². The number of ether oxygens (including phenoxy) is 1. The second kappa shape index (κ2) is 12.3. The summed E-state index contributed by atoms with van der Waals surface area (Å²) in [7, 11) is 1.58. The molecule has 0 unspecified atom stereocenters. The molecule has 3 aromatic carbocycles. The summed E-state index contributed by atoms with van der Waals surface area (Å²) in [5.41, 5.74) is 2.42. The largest absolute Gasteiger partial charge is 0.497 e. The van der Waals surface area contributed by atoms with Crippen molar-refractivity contribution in [3.05, 3.63) is 99.8 Å². The average molecular weight is 542 g/mol. The van der Waals surface area contributed by atoms with Gasteiger partial charge >= 0.3 is 0 Å². The summed E-state index contributed by atoms with van der Waals surface area (Å²) in [6.45, 7) is 0.425. The van der Waals surface area contributed by atoms with E-state index < -0.39 is 0 Å². The lowest BCUT2D eigenvalue weighted by molar-refractivity contribution is 0.0937. The Morgan fingerprint density at radius 2 is 1.72 bits per heavy atom. The molecule has 8 heteroatoms. The number of amides is 1. The molecule has 1 heterocycles. The molecule has 1 N–H and O–H groups in total. The van der Waals surface area contributed by atoms with Crippen LogP contribution >= 0.6 is 11.8 Å². The van der Waals surface area contributed by atoms with Gasteiger partial charge in [0.05, 0.1) is 23.8 Å². The Morgan fingerprint density at radius 1 is 1.00 bits per heavy atom. The van der Waals surface area contributed by atoms with E-state index >= 15 is 0 Å². The predicted octanol–water partition coefficient (Wildman–Crippen LogP) is 5.30. The number of benzene rings is 3. The molecule has 200 valence electrons. The van der Waals surface area contributed by atoms with Crippen molar-refractivity contribution in [1.29, 1.82) is 0 Å². The number of aryl methyl sites for hydroxylation is 1. The fourth-order valence-electron chi connectivity index (χ4n) is 4.86. The first kappa shape index (κ1) is 26.7. The summed E-state index contributed by atoms with van der Waals surface area (Å²) >= 11 is 1.24. The lowest BCUT2D eigenvalue weighted by Crippen LogP contribution is -2.32. The summed E-state index contributed by atoms with van der Waals surface area (Å²) in [4.78, 5) is 44.2. The first-order valence-electron chi connectivity index (χ1n) is 13.2. The SMILES string of the molecule is COc1ccc(C(=O)CSc2nc3cc(C(=O)NC4CCCC4)ccc3c(=O)n2CCc2ccccc2)cc1. The Labute approximate surface area is 231 Å². The lowest BCUT2D eigenvalue weighted by atomic mass is 10.1. The maximum absolute atomic E-state index is 13.6. The van der Waals surface area contributed by atoms with E-state index in [-0.39, 0.29) is 29.0 Å². The van der Waals surface area contributed by atoms with Crippen molar-refractivity contribution in [3.8, 4) is 5.75 Å². The molecule has 4 aromatic rings. The minimum Gasteiger partial charge on any atom is -0.497 e. The van der Waals surface area contributed by atoms with Crippen molar-refractivity contribution < 1.29 is 14.3 Å². The molecular weight excluding hydrogens is 510 g/mol. The number of carbonyl (C=O) groups is 2. The molecule has 1 amide bonds. The molecule has 0 atom stereocenters. The Morgan fingerprint density at radius 3 is 2.44 bits per heavy atom. The normalized spacial score (nSPS) is 13.5. The topological polar surface area (TPSA) is 90.3 Å². The second-order valence-electron chi connectivity index (χ2n) is 9.71. The molecule has 1 fully saturated rings. The van der Waals surface area contributed by atoms with E-state index in [0.29, 0.717) is 45.9 Å². The van der Waals surface area contributed by atoms with Crippen LogP contribution in [0.4, 0.5) is 0 Å². The number of fused-ring (bicyclic) bond motifs is 1. The van der Waals surface area contributed by atoms with Gasteiger partial charge in [-0.3, -0.25) is 19.0 Å². The van der Waals surface area contributed by atoms with Crippen molar-refractivity contribution >= 4 is 34.4 Å². The Balaban J connectivity index is 1.43. The first-order chi connectivity index (χ1) is 19.0. The van der Waals surface area contributed by atoms with Crippen LogP contribution in [0.5, 0.6) is 5.75 Å². The van der Waals surface area contributed by atoms with Crippen molar-refractivity contribution in [2.75, 3.05) is 12.9 Å². The Kier molecular flexibility index (Phi) is 8.42. The highest BCUT2D eigenvalue weighted by atomic mass is 32.2. The van der Waals surface area contributed by atoms with E-state index in [1.165, 1.54) is 11.8 Å². The number of nitrogens with zero attached hydrogens (tertiary/aromatic N) is 2. The molecule has 0 bridgehead atoms. The van der Waals surface area contributed by atoms with Crippen LogP contribution in [0.15, 0.2) is 82.7 Å². The summed E-state index contributed by atoms with van der Waals surface area (Å²) < 4.78 is 6.82. The van der Waals surface area contributed by atoms with Gasteiger partial charge in [0.15, 0.2) is 10.9 Å². The van der Waals surface area contributed by atoms with Crippen molar-refractivity contribution in [2.45, 2.75) is 49.8 Å². The van der Waals surface area contributed by atoms with Crippen LogP contribution in [0.2, 0.25) is 0 Å². The van der Waals surface area contributed by atoms with Gasteiger partial charge in [0.25, 0.3) is 11.5 Å². The number of thioether (sulfide) groups is 1. The van der Waals surface area contributed by atoms with E-state index in [1.807, 2.05) is 30.3 Å². The Bertz CT molecular complexity index is 1530. The number of methoxy groups -OCH3 is 1. The molecular formula is C31H31N3O4S. The number of Topliss-reactive ketones (excluding diaryl/α,β-unsaturated/α-hetero) is 1. The summed E-state index contributed by atoms with van der Waals surface area (Å²) in [5, 5.41) is 4.00. The number of hydrogen-bond donors (Lipinski definition) is 1. The van der Waals surface area contributed by atoms with Crippen LogP contribution < -0.4 is 15.6 Å². The number of rotatable bonds is 10. The van der Waals surface area contributed by atoms with E-state index in [4.69, 9.17) is 9.72 Å². The van der Waals surface area contributed by atoms with Gasteiger partial charge in [0.2, 0.25) is 0 Å². The number of carbonyl (C=O) groups excluding carboxylic acids is 2. The maximum atomic E-state index is 13.6. The molecule has 0 spiro atoms. The van der Waals surface area contributed by atoms with Crippen LogP contribution in [0, 0.1) is 0 Å². The molecule has 0 saturated heterocycles. The predicted molar refractivity (Wildman–Crippen MR) is 154 cm³/mol. The highest BCUT2D eigenvalue weighted by Gasteiger charge is 2.20. The number of hydrogen-bond acceptors (Lipinski definition) is 6. The van der Waals surface area contributed by atoms with Gasteiger partial charge in [-0.1, -0.05) is 54.9 Å². The zero-order valence-electron chi connectivity index (χ0n) is 21.9. The molecule has 0 aliphatic heterocycles. The van der Waals surface area contributed by atoms with Crippen molar-refractivity contribution in [2.24, 2.45) is 0 Å². The fourth-order valence-corrected chi connectivity index (χ4v) is 5.78. The summed E-state index contributed by atoms with van der Waals surface area (Å²) in [6, 6.07) is 22.2. The van der Waals surface area contributed by atoms with Crippen LogP contribution in [-0.4, -0.2) is 40.1 Å². The van der Waals surface area contributed by atoms with Gasteiger partial charge in [-0.25, -0.2) is 4.98 Å². The van der Waals surface area contributed by atoms with Gasteiger partial charge in [0.1, 0.15) is 5.75 Å². The third kappa shape index (κ3) is 6.40. The highest BCUT2D eigenvalue weighted by Crippen LogP contribution is 2.23. The zero-order valence-corrected chi connectivity index (χ0v) is 22.7. The first-order valence-corrected chi connectivity index (χ1v) is 14.2. The summed E-state index contributed by atoms with van der Waals surface area (Å²) in [6.07, 6.45) is 4.89. The molecule has 5 rings (SSSR count). The molecule has 7 nitrogen and oxygen atoms in total. The van der Waals surface area contributed by atoms with E-state index in [9.17, 15) is 14.4 Å². The zero-order chi connectivity index (χ0) is 27.2. The number of ketones is 1. The molecule has 1 aliphatic rings. The van der Waals surface area contributed by atoms with Gasteiger partial charge in [0, 0.05) is 23.7 Å². The molecule has 0 radical (unpaired) electrons. The van der Waals surface area contributed by atoms with Gasteiger partial charge < -0.3 is 10.1 Å². The van der Waals surface area contributed by atoms with Crippen LogP contribution in [0.25, 0.3) is 10.9 Å². The van der Waals surface area contributed by atoms with Crippen molar-refractivity contribution in [1.82, 2.24) is 14.9 Å². The van der Waals surface area contributed by atoms with Gasteiger partial charge in [-0.2, -0.15) is 0 Å². The average Bonchev–Trinajstić information content (AvgIpc) is 3.49. The smallest absolute Gasteiger partial charge is 0.262 e. The van der Waals surface area contributed by atoms with E-state index in [1.54, 1.807) is 54.1 Å². The number of nitrogens with one attached hydrogen (secondary N) is 1. The minimum atomic E-state index is -0.182. The maximum Gasteiger partial charge on any atom is 0.262 e. The molecule has 39 heavy (non-hydrogen) atoms. The van der Waals surface area contributed by atoms with Gasteiger partial charge in [-0.15, -0.1) is 0 Å². The van der Waals surface area contributed by atoms with E-state index in [0.717, 1.165) is 31.2 Å². The monoisotopic (exact) mass is 541 g/mol. The summed E-state index contributed by atoms with van der Waals surface area (Å²) in [5.74, 6) is 0.578. The van der Waals surface area contributed by atoms with Crippen LogP contribution in [0.3, 0.4) is 0 Å². The highest BCUT2D eigenvalue weighted by molar-refractivity contribution is 7.99. The third-order valence-electron chi connectivity index (χ3n) is 7.08. The van der Waals surface area contributed by atoms with Gasteiger partial charge in [-0.05, 0) is 67.3 Å². The quantitative estimate of drug-likeness (QED) is 0.167. The third-order valence-corrected chi connectivity index (χ3v) is 8.06. The van der Waals surface area contributed by atoms with E-state index in [2.05, 4.69) is 5.32 Å². The molecule has 1 aromatic heterocycles. The fraction of sp³-hybridized carbons (Fsp3) is 0.290. The number of aromatic nitrogens is 2. The molecule has 1 saturated carbocycles. The van der Waals surface area contributed by atoms with Crippen molar-refractivity contribution in [3.63, 3.8) is 0 Å². The Hall–Kier alpha value is -3.91.